The number of rotatable bonds is 5. The van der Waals surface area contributed by atoms with Gasteiger partial charge >= 0.3 is 0 Å². The molecule has 1 heterocycles. The van der Waals surface area contributed by atoms with E-state index in [0.29, 0.717) is 18.5 Å². The van der Waals surface area contributed by atoms with Crippen LogP contribution in [0.1, 0.15) is 25.0 Å². The molecule has 1 aliphatic rings. The van der Waals surface area contributed by atoms with Gasteiger partial charge in [0.1, 0.15) is 5.82 Å². The highest BCUT2D eigenvalue weighted by Crippen LogP contribution is 2.18. The maximum atomic E-state index is 13.0. The molecule has 3 rings (SSSR count). The number of benzene rings is 2. The zero-order valence-corrected chi connectivity index (χ0v) is 15.6. The molecule has 26 heavy (non-hydrogen) atoms. The predicted octanol–water partition coefficient (Wildman–Crippen LogP) is 3.53. The van der Waals surface area contributed by atoms with Gasteiger partial charge in [-0.1, -0.05) is 42.5 Å². The van der Waals surface area contributed by atoms with Gasteiger partial charge in [0.15, 0.2) is 0 Å². The van der Waals surface area contributed by atoms with Crippen molar-refractivity contribution in [2.75, 3.05) is 19.6 Å². The Morgan fingerprint density at radius 1 is 0.962 bits per heavy atom. The van der Waals surface area contributed by atoms with Gasteiger partial charge in [0, 0.05) is 31.7 Å². The molecule has 0 aliphatic carbocycles. The molecular weight excluding hydrogens is 327 g/mol. The molecule has 2 aromatic rings. The maximum absolute atomic E-state index is 13.0. The van der Waals surface area contributed by atoms with Crippen molar-refractivity contribution in [1.29, 1.82) is 0 Å². The van der Waals surface area contributed by atoms with Crippen LogP contribution >= 0.6 is 0 Å². The van der Waals surface area contributed by atoms with Crippen LogP contribution in [-0.2, 0) is 17.6 Å². The van der Waals surface area contributed by atoms with Gasteiger partial charge in [-0.25, -0.2) is 4.39 Å². The van der Waals surface area contributed by atoms with E-state index in [1.807, 2.05) is 11.0 Å². The lowest BCUT2D eigenvalue weighted by molar-refractivity contribution is -0.134. The summed E-state index contributed by atoms with van der Waals surface area (Å²) in [4.78, 5) is 17.1. The minimum atomic E-state index is -0.268. The molecular formula is C22H27FN2O. The molecule has 0 N–H and O–H groups in total. The molecule has 1 amide bonds. The van der Waals surface area contributed by atoms with E-state index in [2.05, 4.69) is 43.0 Å². The lowest BCUT2D eigenvalue weighted by Crippen LogP contribution is -2.58. The zero-order valence-electron chi connectivity index (χ0n) is 15.6. The Balaban J connectivity index is 1.55. The number of carbonyl (C=O) groups is 1. The SMILES string of the molecule is CC1CN(C(=O)Cc2ccc(F)cc2)CC(C)N1CCc1ccccc1. The van der Waals surface area contributed by atoms with E-state index in [9.17, 15) is 9.18 Å². The van der Waals surface area contributed by atoms with Gasteiger partial charge in [-0.2, -0.15) is 0 Å². The fraction of sp³-hybridized carbons (Fsp3) is 0.409. The number of amides is 1. The summed E-state index contributed by atoms with van der Waals surface area (Å²) >= 11 is 0. The third-order valence-corrected chi connectivity index (χ3v) is 5.22. The van der Waals surface area contributed by atoms with Gasteiger partial charge in [-0.05, 0) is 43.5 Å². The van der Waals surface area contributed by atoms with Crippen LogP contribution in [0.3, 0.4) is 0 Å². The predicted molar refractivity (Wildman–Crippen MR) is 102 cm³/mol. The van der Waals surface area contributed by atoms with Crippen molar-refractivity contribution in [3.63, 3.8) is 0 Å². The highest BCUT2D eigenvalue weighted by molar-refractivity contribution is 5.79. The summed E-state index contributed by atoms with van der Waals surface area (Å²) < 4.78 is 13.0. The molecule has 4 heteroatoms. The van der Waals surface area contributed by atoms with Gasteiger partial charge in [-0.15, -0.1) is 0 Å². The second kappa shape index (κ2) is 8.45. The molecule has 2 atom stereocenters. The van der Waals surface area contributed by atoms with Crippen molar-refractivity contribution < 1.29 is 9.18 Å². The van der Waals surface area contributed by atoms with E-state index in [1.54, 1.807) is 12.1 Å². The number of piperazine rings is 1. The second-order valence-corrected chi connectivity index (χ2v) is 7.27. The van der Waals surface area contributed by atoms with Crippen molar-refractivity contribution in [1.82, 2.24) is 9.80 Å². The van der Waals surface area contributed by atoms with E-state index >= 15 is 0 Å². The monoisotopic (exact) mass is 354 g/mol. The molecule has 138 valence electrons. The first kappa shape index (κ1) is 18.6. The standard InChI is InChI=1S/C22H27FN2O/c1-17-15-24(22(26)14-20-8-10-21(23)11-9-20)16-18(2)25(17)13-12-19-6-4-3-5-7-19/h3-11,17-18H,12-16H2,1-2H3. The summed E-state index contributed by atoms with van der Waals surface area (Å²) in [5.74, 6) is -0.145. The highest BCUT2D eigenvalue weighted by atomic mass is 19.1. The summed E-state index contributed by atoms with van der Waals surface area (Å²) in [5.41, 5.74) is 2.21. The Hall–Kier alpha value is -2.20. The summed E-state index contributed by atoms with van der Waals surface area (Å²) in [6.07, 6.45) is 1.36. The van der Waals surface area contributed by atoms with E-state index in [1.165, 1.54) is 17.7 Å². The topological polar surface area (TPSA) is 23.6 Å². The van der Waals surface area contributed by atoms with Crippen LogP contribution < -0.4 is 0 Å². The third-order valence-electron chi connectivity index (χ3n) is 5.22. The van der Waals surface area contributed by atoms with Crippen LogP contribution in [0, 0.1) is 5.82 Å². The smallest absolute Gasteiger partial charge is 0.227 e. The average Bonchev–Trinajstić information content (AvgIpc) is 2.63. The first-order valence-electron chi connectivity index (χ1n) is 9.35. The average molecular weight is 354 g/mol. The molecule has 0 aromatic heterocycles. The fourth-order valence-corrected chi connectivity index (χ4v) is 3.79. The summed E-state index contributed by atoms with van der Waals surface area (Å²) in [5, 5.41) is 0. The second-order valence-electron chi connectivity index (χ2n) is 7.27. The summed E-state index contributed by atoms with van der Waals surface area (Å²) in [6.45, 7) is 6.89. The summed E-state index contributed by atoms with van der Waals surface area (Å²) in [6, 6.07) is 17.4. The minimum absolute atomic E-state index is 0.123. The molecule has 0 saturated carbocycles. The molecule has 3 nitrogen and oxygen atoms in total. The normalized spacial score (nSPS) is 21.0. The van der Waals surface area contributed by atoms with Crippen LogP contribution in [0.25, 0.3) is 0 Å². The number of hydrogen-bond acceptors (Lipinski definition) is 2. The van der Waals surface area contributed by atoms with Crippen molar-refractivity contribution >= 4 is 5.91 Å². The zero-order chi connectivity index (χ0) is 18.5. The Morgan fingerprint density at radius 2 is 1.58 bits per heavy atom. The first-order valence-corrected chi connectivity index (χ1v) is 9.35. The number of halogens is 1. The molecule has 1 aliphatic heterocycles. The third kappa shape index (κ3) is 4.70. The molecule has 2 aromatic carbocycles. The van der Waals surface area contributed by atoms with Gasteiger partial charge in [0.2, 0.25) is 5.91 Å². The molecule has 1 saturated heterocycles. The van der Waals surface area contributed by atoms with E-state index < -0.39 is 0 Å². The number of carbonyl (C=O) groups excluding carboxylic acids is 1. The van der Waals surface area contributed by atoms with E-state index in [4.69, 9.17) is 0 Å². The summed E-state index contributed by atoms with van der Waals surface area (Å²) in [7, 11) is 0. The quantitative estimate of drug-likeness (QED) is 0.820. The van der Waals surface area contributed by atoms with Gasteiger partial charge in [-0.3, -0.25) is 9.69 Å². The molecule has 0 bridgehead atoms. The molecule has 1 fully saturated rings. The van der Waals surface area contributed by atoms with Gasteiger partial charge in [0.25, 0.3) is 0 Å². The molecule has 0 spiro atoms. The Labute approximate surface area is 155 Å². The van der Waals surface area contributed by atoms with Crippen molar-refractivity contribution in [3.8, 4) is 0 Å². The lowest BCUT2D eigenvalue weighted by Gasteiger charge is -2.44. The van der Waals surface area contributed by atoms with Crippen molar-refractivity contribution in [2.24, 2.45) is 0 Å². The van der Waals surface area contributed by atoms with E-state index in [0.717, 1.165) is 31.6 Å². The number of hydrogen-bond donors (Lipinski definition) is 0. The van der Waals surface area contributed by atoms with Gasteiger partial charge in [0.05, 0.1) is 6.42 Å². The highest BCUT2D eigenvalue weighted by Gasteiger charge is 2.31. The molecule has 0 radical (unpaired) electrons. The van der Waals surface area contributed by atoms with Crippen LogP contribution in [0.5, 0.6) is 0 Å². The first-order chi connectivity index (χ1) is 12.5. The van der Waals surface area contributed by atoms with Crippen LogP contribution in [-0.4, -0.2) is 47.4 Å². The fourth-order valence-electron chi connectivity index (χ4n) is 3.79. The number of nitrogens with zero attached hydrogens (tertiary/aromatic N) is 2. The van der Waals surface area contributed by atoms with E-state index in [-0.39, 0.29) is 11.7 Å². The van der Waals surface area contributed by atoms with Crippen LogP contribution in [0.4, 0.5) is 4.39 Å². The Morgan fingerprint density at radius 3 is 2.19 bits per heavy atom. The lowest BCUT2D eigenvalue weighted by atomic mass is 10.0. The minimum Gasteiger partial charge on any atom is -0.339 e. The van der Waals surface area contributed by atoms with Crippen LogP contribution in [0.15, 0.2) is 54.6 Å². The maximum Gasteiger partial charge on any atom is 0.227 e. The Kier molecular flexibility index (Phi) is 6.04. The van der Waals surface area contributed by atoms with Crippen molar-refractivity contribution in [2.45, 2.75) is 38.8 Å². The van der Waals surface area contributed by atoms with Gasteiger partial charge < -0.3 is 4.90 Å². The molecule has 2 unspecified atom stereocenters. The van der Waals surface area contributed by atoms with Crippen LogP contribution in [0.2, 0.25) is 0 Å². The van der Waals surface area contributed by atoms with Crippen molar-refractivity contribution in [3.05, 3.63) is 71.5 Å². The Bertz CT molecular complexity index is 705. The largest absolute Gasteiger partial charge is 0.339 e.